The van der Waals surface area contributed by atoms with Crippen LogP contribution in [-0.2, 0) is 30.9 Å². The zero-order valence-corrected chi connectivity index (χ0v) is 16.2. The van der Waals surface area contributed by atoms with Crippen LogP contribution in [0.3, 0.4) is 0 Å². The van der Waals surface area contributed by atoms with Crippen molar-refractivity contribution >= 4 is 10.9 Å². The Labute approximate surface area is 155 Å². The van der Waals surface area contributed by atoms with Gasteiger partial charge in [0.05, 0.1) is 13.2 Å². The standard InChI is InChI=1S/C20H29N5O/c1-15(2)13-25-16(3)18(17-7-5-6-8-19(17)25)11-21-12-20-23-22-14-24(20)9-10-26-4/h5-8,14-15,21H,9-13H2,1-4H3. The summed E-state index contributed by atoms with van der Waals surface area (Å²) in [6.07, 6.45) is 1.76. The number of rotatable bonds is 9. The van der Waals surface area contributed by atoms with Gasteiger partial charge in [0.25, 0.3) is 0 Å². The summed E-state index contributed by atoms with van der Waals surface area (Å²) in [6.45, 7) is 10.7. The zero-order chi connectivity index (χ0) is 18.5. The third kappa shape index (κ3) is 3.97. The van der Waals surface area contributed by atoms with Gasteiger partial charge in [-0.25, -0.2) is 0 Å². The van der Waals surface area contributed by atoms with Crippen molar-refractivity contribution in [2.24, 2.45) is 5.92 Å². The smallest absolute Gasteiger partial charge is 0.146 e. The molecule has 0 fully saturated rings. The SMILES string of the molecule is COCCn1cnnc1CNCc1c(C)n(CC(C)C)c2ccccc12. The first-order valence-electron chi connectivity index (χ1n) is 9.24. The monoisotopic (exact) mass is 355 g/mol. The fourth-order valence-electron chi connectivity index (χ4n) is 3.42. The summed E-state index contributed by atoms with van der Waals surface area (Å²) in [5, 5.41) is 13.1. The van der Waals surface area contributed by atoms with Crippen LogP contribution in [0.15, 0.2) is 30.6 Å². The molecule has 0 radical (unpaired) electrons. The second-order valence-electron chi connectivity index (χ2n) is 7.12. The van der Waals surface area contributed by atoms with E-state index in [1.165, 1.54) is 22.2 Å². The van der Waals surface area contributed by atoms with E-state index in [9.17, 15) is 0 Å². The molecule has 2 heterocycles. The first-order chi connectivity index (χ1) is 12.6. The van der Waals surface area contributed by atoms with Crippen LogP contribution in [-0.4, -0.2) is 33.0 Å². The Kier molecular flexibility index (Phi) is 6.06. The van der Waals surface area contributed by atoms with E-state index in [-0.39, 0.29) is 0 Å². The van der Waals surface area contributed by atoms with Gasteiger partial charge in [-0.1, -0.05) is 32.0 Å². The molecule has 0 saturated carbocycles. The van der Waals surface area contributed by atoms with Crippen LogP contribution in [0.5, 0.6) is 0 Å². The van der Waals surface area contributed by atoms with E-state index in [0.29, 0.717) is 19.1 Å². The zero-order valence-electron chi connectivity index (χ0n) is 16.2. The number of fused-ring (bicyclic) bond motifs is 1. The molecular formula is C20H29N5O. The van der Waals surface area contributed by atoms with Crippen molar-refractivity contribution in [1.29, 1.82) is 0 Å². The van der Waals surface area contributed by atoms with Crippen LogP contribution in [0, 0.1) is 12.8 Å². The Bertz CT molecular complexity index is 849. The molecule has 0 unspecified atom stereocenters. The number of aromatic nitrogens is 4. The van der Waals surface area contributed by atoms with Crippen molar-refractivity contribution in [1.82, 2.24) is 24.6 Å². The quantitative estimate of drug-likeness (QED) is 0.641. The highest BCUT2D eigenvalue weighted by molar-refractivity contribution is 5.85. The van der Waals surface area contributed by atoms with Gasteiger partial charge in [-0.05, 0) is 24.5 Å². The lowest BCUT2D eigenvalue weighted by molar-refractivity contribution is 0.186. The van der Waals surface area contributed by atoms with E-state index in [4.69, 9.17) is 4.74 Å². The number of nitrogens with zero attached hydrogens (tertiary/aromatic N) is 4. The fourth-order valence-corrected chi connectivity index (χ4v) is 3.42. The van der Waals surface area contributed by atoms with Gasteiger partial charge in [0.2, 0.25) is 0 Å². The Morgan fingerprint density at radius 2 is 2.00 bits per heavy atom. The fraction of sp³-hybridized carbons (Fsp3) is 0.500. The van der Waals surface area contributed by atoms with Gasteiger partial charge in [0.15, 0.2) is 0 Å². The normalized spacial score (nSPS) is 11.7. The summed E-state index contributed by atoms with van der Waals surface area (Å²) >= 11 is 0. The molecule has 1 N–H and O–H groups in total. The predicted octanol–water partition coefficient (Wildman–Crippen LogP) is 3.13. The Morgan fingerprint density at radius 3 is 2.77 bits per heavy atom. The van der Waals surface area contributed by atoms with Gasteiger partial charge < -0.3 is 19.2 Å². The highest BCUT2D eigenvalue weighted by atomic mass is 16.5. The molecule has 140 valence electrons. The van der Waals surface area contributed by atoms with Crippen molar-refractivity contribution in [3.05, 3.63) is 47.7 Å². The van der Waals surface area contributed by atoms with Gasteiger partial charge >= 0.3 is 0 Å². The summed E-state index contributed by atoms with van der Waals surface area (Å²) in [7, 11) is 1.71. The van der Waals surface area contributed by atoms with Crippen LogP contribution in [0.4, 0.5) is 0 Å². The molecule has 0 bridgehead atoms. The van der Waals surface area contributed by atoms with E-state index in [2.05, 4.69) is 65.1 Å². The molecule has 0 saturated heterocycles. The summed E-state index contributed by atoms with van der Waals surface area (Å²) in [6, 6.07) is 8.67. The van der Waals surface area contributed by atoms with Crippen LogP contribution >= 0.6 is 0 Å². The first kappa shape index (κ1) is 18.6. The van der Waals surface area contributed by atoms with Crippen molar-refractivity contribution in [2.45, 2.75) is 47.0 Å². The Hall–Kier alpha value is -2.18. The van der Waals surface area contributed by atoms with E-state index in [1.807, 2.05) is 4.57 Å². The molecule has 3 aromatic rings. The average Bonchev–Trinajstić information content (AvgIpc) is 3.17. The number of para-hydroxylation sites is 1. The Balaban J connectivity index is 1.75. The third-order valence-corrected chi connectivity index (χ3v) is 4.73. The summed E-state index contributed by atoms with van der Waals surface area (Å²) < 4.78 is 9.62. The van der Waals surface area contributed by atoms with Gasteiger partial charge in [0, 0.05) is 43.3 Å². The topological polar surface area (TPSA) is 56.9 Å². The minimum absolute atomic E-state index is 0.615. The first-order valence-corrected chi connectivity index (χ1v) is 9.24. The number of hydrogen-bond acceptors (Lipinski definition) is 4. The van der Waals surface area contributed by atoms with Crippen LogP contribution in [0.25, 0.3) is 10.9 Å². The van der Waals surface area contributed by atoms with E-state index in [0.717, 1.165) is 25.5 Å². The number of hydrogen-bond donors (Lipinski definition) is 1. The van der Waals surface area contributed by atoms with Crippen LogP contribution in [0.2, 0.25) is 0 Å². The van der Waals surface area contributed by atoms with Gasteiger partial charge in [-0.15, -0.1) is 10.2 Å². The number of methoxy groups -OCH3 is 1. The lowest BCUT2D eigenvalue weighted by Crippen LogP contribution is -2.18. The van der Waals surface area contributed by atoms with Gasteiger partial charge in [-0.2, -0.15) is 0 Å². The summed E-state index contributed by atoms with van der Waals surface area (Å²) in [5.74, 6) is 1.55. The molecule has 6 heteroatoms. The molecule has 0 aliphatic carbocycles. The van der Waals surface area contributed by atoms with Crippen molar-refractivity contribution in [2.75, 3.05) is 13.7 Å². The van der Waals surface area contributed by atoms with Crippen LogP contribution in [0.1, 0.15) is 30.9 Å². The summed E-state index contributed by atoms with van der Waals surface area (Å²) in [5.41, 5.74) is 4.02. The summed E-state index contributed by atoms with van der Waals surface area (Å²) in [4.78, 5) is 0. The average molecular weight is 355 g/mol. The minimum atomic E-state index is 0.615. The maximum absolute atomic E-state index is 5.14. The van der Waals surface area contributed by atoms with E-state index < -0.39 is 0 Å². The largest absolute Gasteiger partial charge is 0.383 e. The number of ether oxygens (including phenoxy) is 1. The molecule has 0 aliphatic rings. The lowest BCUT2D eigenvalue weighted by atomic mass is 10.1. The maximum atomic E-state index is 5.14. The number of benzene rings is 1. The predicted molar refractivity (Wildman–Crippen MR) is 104 cm³/mol. The molecule has 1 aromatic carbocycles. The minimum Gasteiger partial charge on any atom is -0.383 e. The lowest BCUT2D eigenvalue weighted by Gasteiger charge is -2.12. The highest BCUT2D eigenvalue weighted by Gasteiger charge is 2.14. The van der Waals surface area contributed by atoms with E-state index in [1.54, 1.807) is 13.4 Å². The molecule has 0 amide bonds. The van der Waals surface area contributed by atoms with Crippen LogP contribution < -0.4 is 5.32 Å². The highest BCUT2D eigenvalue weighted by Crippen LogP contribution is 2.26. The molecule has 0 spiro atoms. The van der Waals surface area contributed by atoms with E-state index >= 15 is 0 Å². The maximum Gasteiger partial charge on any atom is 0.146 e. The van der Waals surface area contributed by atoms with Crippen molar-refractivity contribution < 1.29 is 4.74 Å². The second kappa shape index (κ2) is 8.47. The van der Waals surface area contributed by atoms with Gasteiger partial charge in [0.1, 0.15) is 12.2 Å². The molecule has 26 heavy (non-hydrogen) atoms. The van der Waals surface area contributed by atoms with Gasteiger partial charge in [-0.3, -0.25) is 0 Å². The second-order valence-corrected chi connectivity index (χ2v) is 7.12. The molecule has 0 atom stereocenters. The number of nitrogens with one attached hydrogen (secondary N) is 1. The molecule has 6 nitrogen and oxygen atoms in total. The molecule has 3 rings (SSSR count). The Morgan fingerprint density at radius 1 is 1.19 bits per heavy atom. The molecule has 2 aromatic heterocycles. The molecule has 0 aliphatic heterocycles. The van der Waals surface area contributed by atoms with Crippen molar-refractivity contribution in [3.63, 3.8) is 0 Å². The van der Waals surface area contributed by atoms with Crippen molar-refractivity contribution in [3.8, 4) is 0 Å². The third-order valence-electron chi connectivity index (χ3n) is 4.73. The molecular weight excluding hydrogens is 326 g/mol.